The highest BCUT2D eigenvalue weighted by atomic mass is 32.2. The number of carbonyl (C=O) groups excluding carboxylic acids is 1. The quantitative estimate of drug-likeness (QED) is 0.508. The lowest BCUT2D eigenvalue weighted by Crippen LogP contribution is -2.37. The van der Waals surface area contributed by atoms with E-state index in [-0.39, 0.29) is 17.2 Å². The van der Waals surface area contributed by atoms with Gasteiger partial charge in [0.05, 0.1) is 12.4 Å². The third-order valence-electron chi connectivity index (χ3n) is 4.83. The van der Waals surface area contributed by atoms with E-state index in [1.54, 1.807) is 31.3 Å². The summed E-state index contributed by atoms with van der Waals surface area (Å²) >= 11 is 1.24. The Morgan fingerprint density at radius 1 is 1.13 bits per heavy atom. The molecule has 0 saturated heterocycles. The summed E-state index contributed by atoms with van der Waals surface area (Å²) in [6.07, 6.45) is 1.79. The molecule has 1 N–H and O–H groups in total. The molecule has 31 heavy (non-hydrogen) atoms. The van der Waals surface area contributed by atoms with E-state index in [1.807, 2.05) is 11.5 Å². The van der Waals surface area contributed by atoms with Crippen molar-refractivity contribution < 1.29 is 9.53 Å². The van der Waals surface area contributed by atoms with Crippen molar-refractivity contribution in [3.8, 4) is 5.75 Å². The number of amides is 1. The number of imidazole rings is 1. The number of anilines is 1. The van der Waals surface area contributed by atoms with Gasteiger partial charge in [-0.05, 0) is 37.6 Å². The van der Waals surface area contributed by atoms with Crippen molar-refractivity contribution in [3.63, 3.8) is 0 Å². The fraction of sp³-hybridized carbons (Fsp3) is 0.429. The van der Waals surface area contributed by atoms with Gasteiger partial charge in [-0.2, -0.15) is 0 Å². The van der Waals surface area contributed by atoms with E-state index in [0.717, 1.165) is 23.2 Å². The maximum absolute atomic E-state index is 12.7. The van der Waals surface area contributed by atoms with Crippen molar-refractivity contribution in [2.24, 2.45) is 14.1 Å². The zero-order chi connectivity index (χ0) is 22.5. The topological polar surface area (TPSA) is 100 Å². The van der Waals surface area contributed by atoms with Crippen LogP contribution in [0.5, 0.6) is 5.75 Å². The van der Waals surface area contributed by atoms with E-state index in [2.05, 4.69) is 17.2 Å². The number of fused-ring (bicyclic) bond motifs is 1. The van der Waals surface area contributed by atoms with Crippen LogP contribution >= 0.6 is 11.8 Å². The molecule has 0 aliphatic heterocycles. The normalized spacial score (nSPS) is 11.1. The fourth-order valence-electron chi connectivity index (χ4n) is 3.19. The van der Waals surface area contributed by atoms with Crippen LogP contribution in [0.3, 0.4) is 0 Å². The lowest BCUT2D eigenvalue weighted by Gasteiger charge is -2.09. The molecule has 2 heterocycles. The lowest BCUT2D eigenvalue weighted by molar-refractivity contribution is -0.113. The van der Waals surface area contributed by atoms with Crippen LogP contribution in [-0.2, 0) is 25.4 Å². The van der Waals surface area contributed by atoms with Crippen molar-refractivity contribution in [1.29, 1.82) is 0 Å². The monoisotopic (exact) mass is 445 g/mol. The number of aromatic nitrogens is 4. The number of carbonyl (C=O) groups is 1. The van der Waals surface area contributed by atoms with Crippen LogP contribution < -0.4 is 21.3 Å². The summed E-state index contributed by atoms with van der Waals surface area (Å²) < 4.78 is 9.66. The number of thioether (sulfide) groups is 1. The van der Waals surface area contributed by atoms with Crippen molar-refractivity contribution in [1.82, 2.24) is 18.7 Å². The first-order valence-corrected chi connectivity index (χ1v) is 11.2. The number of rotatable bonds is 9. The summed E-state index contributed by atoms with van der Waals surface area (Å²) in [6, 6.07) is 7.16. The van der Waals surface area contributed by atoms with Gasteiger partial charge in [-0.1, -0.05) is 25.1 Å². The van der Waals surface area contributed by atoms with Crippen molar-refractivity contribution >= 4 is 34.5 Å². The van der Waals surface area contributed by atoms with Crippen LogP contribution in [0.1, 0.15) is 26.7 Å². The molecular formula is C21H27N5O4S. The van der Waals surface area contributed by atoms with Gasteiger partial charge in [0.1, 0.15) is 5.75 Å². The molecule has 3 rings (SSSR count). The molecule has 0 unspecified atom stereocenters. The molecule has 10 heteroatoms. The van der Waals surface area contributed by atoms with E-state index in [9.17, 15) is 14.4 Å². The van der Waals surface area contributed by atoms with Gasteiger partial charge in [0.15, 0.2) is 16.3 Å². The summed E-state index contributed by atoms with van der Waals surface area (Å²) in [4.78, 5) is 42.0. The zero-order valence-electron chi connectivity index (χ0n) is 18.2. The Kier molecular flexibility index (Phi) is 7.21. The largest absolute Gasteiger partial charge is 0.494 e. The van der Waals surface area contributed by atoms with Gasteiger partial charge in [0, 0.05) is 26.3 Å². The number of nitrogens with zero attached hydrogens (tertiary/aromatic N) is 4. The van der Waals surface area contributed by atoms with Gasteiger partial charge < -0.3 is 14.6 Å². The van der Waals surface area contributed by atoms with Crippen LogP contribution in [0.2, 0.25) is 0 Å². The maximum atomic E-state index is 12.7. The third kappa shape index (κ3) is 4.84. The van der Waals surface area contributed by atoms with Gasteiger partial charge in [0.25, 0.3) is 5.56 Å². The highest BCUT2D eigenvalue weighted by Gasteiger charge is 2.19. The average Bonchev–Trinajstić information content (AvgIpc) is 3.13. The molecule has 1 amide bonds. The minimum atomic E-state index is -0.428. The molecule has 1 aromatic carbocycles. The number of nitrogens with one attached hydrogen (secondary N) is 1. The summed E-state index contributed by atoms with van der Waals surface area (Å²) in [5.74, 6) is 0.674. The van der Waals surface area contributed by atoms with E-state index in [1.165, 1.54) is 23.4 Å². The molecule has 0 saturated carbocycles. The van der Waals surface area contributed by atoms with Crippen LogP contribution in [0.4, 0.5) is 5.69 Å². The molecule has 3 aromatic rings. The first kappa shape index (κ1) is 22.7. The number of benzene rings is 1. The summed E-state index contributed by atoms with van der Waals surface area (Å²) in [6.45, 7) is 5.14. The van der Waals surface area contributed by atoms with E-state index < -0.39 is 5.69 Å². The number of aryl methyl sites for hydroxylation is 2. The molecule has 2 aromatic heterocycles. The Morgan fingerprint density at radius 2 is 1.84 bits per heavy atom. The minimum Gasteiger partial charge on any atom is -0.494 e. The molecule has 0 atom stereocenters. The van der Waals surface area contributed by atoms with Crippen LogP contribution in [0.15, 0.2) is 39.0 Å². The summed E-state index contributed by atoms with van der Waals surface area (Å²) in [5, 5.41) is 3.39. The SMILES string of the molecule is CCCCn1c(SCC(=O)Nc2ccc(OCC)cc2)nc2c1c(=O)n(C)c(=O)n2C. The predicted molar refractivity (Wildman–Crippen MR) is 122 cm³/mol. The van der Waals surface area contributed by atoms with Crippen LogP contribution in [0.25, 0.3) is 11.2 Å². The van der Waals surface area contributed by atoms with Gasteiger partial charge in [-0.25, -0.2) is 9.78 Å². The second-order valence-corrected chi connectivity index (χ2v) is 8.01. The number of hydrogen-bond donors (Lipinski definition) is 1. The van der Waals surface area contributed by atoms with Crippen molar-refractivity contribution in [3.05, 3.63) is 45.1 Å². The molecule has 0 aliphatic rings. The van der Waals surface area contributed by atoms with E-state index in [0.29, 0.717) is 35.2 Å². The Labute approximate surface area is 184 Å². The number of hydrogen-bond acceptors (Lipinski definition) is 6. The van der Waals surface area contributed by atoms with Crippen LogP contribution in [0, 0.1) is 0 Å². The standard InChI is InChI=1S/C21H27N5O4S/c1-5-7-12-26-17-18(24(3)21(29)25(4)19(17)28)23-20(26)31-13-16(27)22-14-8-10-15(11-9-14)30-6-2/h8-11H,5-7,12-13H2,1-4H3,(H,22,27). The number of ether oxygens (including phenoxy) is 1. The molecule has 9 nitrogen and oxygen atoms in total. The maximum Gasteiger partial charge on any atom is 0.332 e. The molecule has 0 bridgehead atoms. The second-order valence-electron chi connectivity index (χ2n) is 7.07. The van der Waals surface area contributed by atoms with Gasteiger partial charge >= 0.3 is 5.69 Å². The molecule has 0 fully saturated rings. The van der Waals surface area contributed by atoms with Gasteiger partial charge in [-0.15, -0.1) is 0 Å². The van der Waals surface area contributed by atoms with Crippen molar-refractivity contribution in [2.75, 3.05) is 17.7 Å². The molecular weight excluding hydrogens is 418 g/mol. The summed E-state index contributed by atoms with van der Waals surface area (Å²) in [7, 11) is 3.05. The molecule has 0 spiro atoms. The van der Waals surface area contributed by atoms with E-state index in [4.69, 9.17) is 4.74 Å². The first-order valence-electron chi connectivity index (χ1n) is 10.2. The summed E-state index contributed by atoms with van der Waals surface area (Å²) in [5.41, 5.74) is 0.575. The third-order valence-corrected chi connectivity index (χ3v) is 5.81. The van der Waals surface area contributed by atoms with Gasteiger partial charge in [0.2, 0.25) is 5.91 Å². The smallest absolute Gasteiger partial charge is 0.332 e. The predicted octanol–water partition coefficient (Wildman–Crippen LogP) is 2.36. The number of unbranched alkanes of at least 4 members (excludes halogenated alkanes) is 1. The highest BCUT2D eigenvalue weighted by Crippen LogP contribution is 2.23. The Morgan fingerprint density at radius 3 is 2.48 bits per heavy atom. The van der Waals surface area contributed by atoms with Gasteiger partial charge in [-0.3, -0.25) is 18.7 Å². The second kappa shape index (κ2) is 9.86. The molecule has 166 valence electrons. The fourth-order valence-corrected chi connectivity index (χ4v) is 4.01. The van der Waals surface area contributed by atoms with Crippen molar-refractivity contribution in [2.45, 2.75) is 38.4 Å². The highest BCUT2D eigenvalue weighted by molar-refractivity contribution is 7.99. The molecule has 0 aliphatic carbocycles. The Hall–Kier alpha value is -3.01. The average molecular weight is 446 g/mol. The minimum absolute atomic E-state index is 0.122. The Bertz CT molecular complexity index is 1190. The zero-order valence-corrected chi connectivity index (χ0v) is 19.0. The Balaban J connectivity index is 1.82. The van der Waals surface area contributed by atoms with Crippen LogP contribution in [-0.4, -0.2) is 37.0 Å². The molecule has 0 radical (unpaired) electrons. The van der Waals surface area contributed by atoms with E-state index >= 15 is 0 Å². The first-order chi connectivity index (χ1) is 14.9. The lowest BCUT2D eigenvalue weighted by atomic mass is 10.3.